The van der Waals surface area contributed by atoms with Crippen molar-refractivity contribution in [2.24, 2.45) is 4.99 Å². The predicted octanol–water partition coefficient (Wildman–Crippen LogP) is 3.40. The summed E-state index contributed by atoms with van der Waals surface area (Å²) in [5.41, 5.74) is 2.08. The summed E-state index contributed by atoms with van der Waals surface area (Å²) in [6.07, 6.45) is 2.83. The molecule has 0 spiro atoms. The highest BCUT2D eigenvalue weighted by molar-refractivity contribution is 14.0. The zero-order valence-corrected chi connectivity index (χ0v) is 19.9. The third kappa shape index (κ3) is 5.87. The van der Waals surface area contributed by atoms with Crippen LogP contribution in [-0.2, 0) is 18.4 Å². The van der Waals surface area contributed by atoms with E-state index in [1.165, 1.54) is 0 Å². The van der Waals surface area contributed by atoms with Crippen LogP contribution in [0.4, 0.5) is 0 Å². The second-order valence-electron chi connectivity index (χ2n) is 7.29. The smallest absolute Gasteiger partial charge is 0.191 e. The van der Waals surface area contributed by atoms with Crippen LogP contribution in [0.5, 0.6) is 0 Å². The highest BCUT2D eigenvalue weighted by atomic mass is 127. The molecule has 3 heterocycles. The lowest BCUT2D eigenvalue weighted by Crippen LogP contribution is -2.38. The number of hydrogen-bond acceptors (Lipinski definition) is 5. The van der Waals surface area contributed by atoms with Crippen molar-refractivity contribution in [2.45, 2.75) is 46.1 Å². The molecule has 0 saturated carbocycles. The number of pyridine rings is 1. The second kappa shape index (κ2) is 10.1. The molecule has 3 aromatic rings. The molecule has 0 bridgehead atoms. The minimum atomic E-state index is 0. The summed E-state index contributed by atoms with van der Waals surface area (Å²) in [4.78, 5) is 9.38. The zero-order valence-electron chi connectivity index (χ0n) is 16.8. The van der Waals surface area contributed by atoms with Crippen LogP contribution in [0.1, 0.15) is 44.2 Å². The van der Waals surface area contributed by atoms with Crippen LogP contribution in [0.3, 0.4) is 0 Å². The van der Waals surface area contributed by atoms with E-state index in [1.807, 2.05) is 28.8 Å². The number of guanidine groups is 1. The molecule has 7 nitrogen and oxygen atoms in total. The van der Waals surface area contributed by atoms with Crippen LogP contribution >= 0.6 is 35.3 Å². The molecular weight excluding hydrogens is 485 g/mol. The highest BCUT2D eigenvalue weighted by Crippen LogP contribution is 2.23. The minimum Gasteiger partial charge on any atom is -0.357 e. The van der Waals surface area contributed by atoms with Gasteiger partial charge in [0.15, 0.2) is 17.4 Å². The fourth-order valence-electron chi connectivity index (χ4n) is 2.55. The van der Waals surface area contributed by atoms with E-state index in [0.29, 0.717) is 6.54 Å². The standard InChI is InChI=1S/C19H27N7S.HI/c1-5-20-18(21-10-9-17-23-14(13-27-17)19(2,3)4)22-12-16-25-24-15-8-6-7-11-26(15)16;/h6-8,11,13H,5,9-10,12H2,1-4H3,(H2,20,21,22);1H. The van der Waals surface area contributed by atoms with Crippen LogP contribution in [0, 0.1) is 0 Å². The van der Waals surface area contributed by atoms with E-state index in [9.17, 15) is 0 Å². The SMILES string of the molecule is CCNC(=NCc1nnc2ccccn12)NCCc1nc(C(C)(C)C)cs1.I. The molecule has 0 saturated heterocycles. The largest absolute Gasteiger partial charge is 0.357 e. The molecule has 0 amide bonds. The second-order valence-corrected chi connectivity index (χ2v) is 8.24. The molecule has 0 unspecified atom stereocenters. The third-order valence-corrected chi connectivity index (χ3v) is 4.97. The average molecular weight is 513 g/mol. The predicted molar refractivity (Wildman–Crippen MR) is 126 cm³/mol. The van der Waals surface area contributed by atoms with Gasteiger partial charge in [0.05, 0.1) is 10.7 Å². The Morgan fingerprint density at radius 3 is 2.75 bits per heavy atom. The van der Waals surface area contributed by atoms with E-state index in [0.717, 1.165) is 47.6 Å². The van der Waals surface area contributed by atoms with Gasteiger partial charge in [0.1, 0.15) is 6.54 Å². The fraction of sp³-hybridized carbons (Fsp3) is 0.474. The summed E-state index contributed by atoms with van der Waals surface area (Å²) < 4.78 is 1.96. The van der Waals surface area contributed by atoms with E-state index in [-0.39, 0.29) is 29.4 Å². The Kier molecular flexibility index (Phi) is 8.17. The first-order valence-electron chi connectivity index (χ1n) is 9.23. The monoisotopic (exact) mass is 513 g/mol. The lowest BCUT2D eigenvalue weighted by Gasteiger charge is -2.14. The Balaban J connectivity index is 0.00000280. The number of rotatable bonds is 6. The van der Waals surface area contributed by atoms with Gasteiger partial charge in [0, 0.05) is 36.5 Å². The number of aromatic nitrogens is 4. The summed E-state index contributed by atoms with van der Waals surface area (Å²) in [5, 5.41) is 18.3. The number of nitrogens with one attached hydrogen (secondary N) is 2. The van der Waals surface area contributed by atoms with Gasteiger partial charge in [0.2, 0.25) is 0 Å². The molecule has 0 radical (unpaired) electrons. The Hall–Kier alpha value is -1.75. The normalized spacial score (nSPS) is 12.1. The molecular formula is C19H28IN7S. The van der Waals surface area contributed by atoms with Gasteiger partial charge in [0.25, 0.3) is 0 Å². The maximum Gasteiger partial charge on any atom is 0.191 e. The first-order chi connectivity index (χ1) is 13.0. The van der Waals surface area contributed by atoms with Crippen LogP contribution in [-0.4, -0.2) is 38.6 Å². The van der Waals surface area contributed by atoms with Gasteiger partial charge in [-0.1, -0.05) is 26.8 Å². The Morgan fingerprint density at radius 1 is 1.21 bits per heavy atom. The third-order valence-electron chi connectivity index (χ3n) is 4.06. The lowest BCUT2D eigenvalue weighted by atomic mass is 9.93. The molecule has 0 fully saturated rings. The molecule has 3 rings (SSSR count). The minimum absolute atomic E-state index is 0. The van der Waals surface area contributed by atoms with Crippen LogP contribution in [0.2, 0.25) is 0 Å². The van der Waals surface area contributed by atoms with Gasteiger partial charge in [-0.05, 0) is 19.1 Å². The van der Waals surface area contributed by atoms with Crippen molar-refractivity contribution in [1.29, 1.82) is 0 Å². The van der Waals surface area contributed by atoms with Crippen molar-refractivity contribution < 1.29 is 0 Å². The Bertz CT molecular complexity index is 910. The highest BCUT2D eigenvalue weighted by Gasteiger charge is 2.17. The van der Waals surface area contributed by atoms with E-state index < -0.39 is 0 Å². The maximum atomic E-state index is 4.74. The van der Waals surface area contributed by atoms with Crippen molar-refractivity contribution in [2.75, 3.05) is 13.1 Å². The van der Waals surface area contributed by atoms with E-state index in [4.69, 9.17) is 4.98 Å². The topological polar surface area (TPSA) is 79.5 Å². The number of thiazole rings is 1. The van der Waals surface area contributed by atoms with Crippen molar-refractivity contribution in [1.82, 2.24) is 30.2 Å². The first kappa shape index (κ1) is 22.5. The molecule has 0 atom stereocenters. The van der Waals surface area contributed by atoms with Crippen molar-refractivity contribution in [3.8, 4) is 0 Å². The summed E-state index contributed by atoms with van der Waals surface area (Å²) in [6, 6.07) is 5.85. The van der Waals surface area contributed by atoms with Gasteiger partial charge >= 0.3 is 0 Å². The number of hydrogen-bond donors (Lipinski definition) is 2. The lowest BCUT2D eigenvalue weighted by molar-refractivity contribution is 0.570. The van der Waals surface area contributed by atoms with Crippen LogP contribution < -0.4 is 10.6 Å². The molecule has 0 aliphatic heterocycles. The van der Waals surface area contributed by atoms with Gasteiger partial charge in [-0.25, -0.2) is 9.98 Å². The quantitative estimate of drug-likeness (QED) is 0.300. The molecule has 28 heavy (non-hydrogen) atoms. The Morgan fingerprint density at radius 2 is 2.04 bits per heavy atom. The van der Waals surface area contributed by atoms with Gasteiger partial charge in [-0.3, -0.25) is 4.40 Å². The van der Waals surface area contributed by atoms with Gasteiger partial charge in [-0.15, -0.1) is 45.5 Å². The molecule has 0 aliphatic carbocycles. The number of nitrogens with zero attached hydrogens (tertiary/aromatic N) is 5. The van der Waals surface area contributed by atoms with Crippen LogP contribution in [0.25, 0.3) is 5.65 Å². The molecule has 9 heteroatoms. The molecule has 0 aromatic carbocycles. The van der Waals surface area contributed by atoms with E-state index in [2.05, 4.69) is 58.9 Å². The zero-order chi connectivity index (χ0) is 19.3. The van der Waals surface area contributed by atoms with Gasteiger partial charge < -0.3 is 10.6 Å². The maximum absolute atomic E-state index is 4.74. The molecule has 0 aliphatic rings. The summed E-state index contributed by atoms with van der Waals surface area (Å²) in [6.45, 7) is 10.7. The summed E-state index contributed by atoms with van der Waals surface area (Å²) >= 11 is 1.72. The summed E-state index contributed by atoms with van der Waals surface area (Å²) in [7, 11) is 0. The van der Waals surface area contributed by atoms with Crippen molar-refractivity contribution in [3.05, 3.63) is 46.3 Å². The number of aliphatic imine (C=N–C) groups is 1. The van der Waals surface area contributed by atoms with Crippen LogP contribution in [0.15, 0.2) is 34.8 Å². The van der Waals surface area contributed by atoms with Crippen molar-refractivity contribution >= 4 is 46.9 Å². The Labute approximate surface area is 187 Å². The first-order valence-corrected chi connectivity index (χ1v) is 10.1. The number of fused-ring (bicyclic) bond motifs is 1. The average Bonchev–Trinajstić information content (AvgIpc) is 3.26. The fourth-order valence-corrected chi connectivity index (χ4v) is 3.57. The molecule has 152 valence electrons. The van der Waals surface area contributed by atoms with Crippen molar-refractivity contribution in [3.63, 3.8) is 0 Å². The number of halogens is 1. The summed E-state index contributed by atoms with van der Waals surface area (Å²) in [5.74, 6) is 1.59. The van der Waals surface area contributed by atoms with E-state index >= 15 is 0 Å². The molecule has 2 N–H and O–H groups in total. The van der Waals surface area contributed by atoms with Gasteiger partial charge in [-0.2, -0.15) is 0 Å². The molecule has 3 aromatic heterocycles. The van der Waals surface area contributed by atoms with E-state index in [1.54, 1.807) is 11.3 Å².